The largest absolute Gasteiger partial charge is 0.484 e. The number of amides is 3. The summed E-state index contributed by atoms with van der Waals surface area (Å²) < 4.78 is 43.9. The Morgan fingerprint density at radius 1 is 0.949 bits per heavy atom. The summed E-state index contributed by atoms with van der Waals surface area (Å²) in [5, 5.41) is 8.63. The number of hydrazone groups is 1. The maximum Gasteiger partial charge on any atom is 0.416 e. The van der Waals surface area contributed by atoms with Gasteiger partial charge < -0.3 is 15.4 Å². The monoisotopic (exact) mass is 540 g/mol. The van der Waals surface area contributed by atoms with E-state index in [1.807, 2.05) is 24.3 Å². The fourth-order valence-electron chi connectivity index (χ4n) is 3.30. The number of halogens is 3. The second-order valence-electron chi connectivity index (χ2n) is 8.77. The van der Waals surface area contributed by atoms with Gasteiger partial charge in [0, 0.05) is 12.2 Å². The lowest BCUT2D eigenvalue weighted by Gasteiger charge is -2.10. The molecule has 0 bridgehead atoms. The zero-order valence-electron chi connectivity index (χ0n) is 21.2. The van der Waals surface area contributed by atoms with E-state index in [9.17, 15) is 27.6 Å². The van der Waals surface area contributed by atoms with Crippen molar-refractivity contribution in [2.24, 2.45) is 5.10 Å². The third kappa shape index (κ3) is 9.29. The van der Waals surface area contributed by atoms with Gasteiger partial charge in [0.25, 0.3) is 5.91 Å². The van der Waals surface area contributed by atoms with Gasteiger partial charge in [-0.25, -0.2) is 5.43 Å². The van der Waals surface area contributed by atoms with Crippen molar-refractivity contribution in [3.8, 4) is 5.75 Å². The Morgan fingerprint density at radius 3 is 2.36 bits per heavy atom. The van der Waals surface area contributed by atoms with Crippen LogP contribution in [0.15, 0.2) is 77.9 Å². The molecule has 0 aliphatic rings. The molecule has 39 heavy (non-hydrogen) atoms. The van der Waals surface area contributed by atoms with E-state index in [2.05, 4.69) is 35.0 Å². The summed E-state index contributed by atoms with van der Waals surface area (Å²) in [6.45, 7) is 3.90. The molecule has 11 heteroatoms. The van der Waals surface area contributed by atoms with E-state index in [1.165, 1.54) is 30.0 Å². The van der Waals surface area contributed by atoms with Gasteiger partial charge in [-0.1, -0.05) is 56.3 Å². The van der Waals surface area contributed by atoms with Crippen LogP contribution in [-0.4, -0.2) is 30.5 Å². The number of carbonyl (C=O) groups excluding carboxylic acids is 3. The molecule has 3 N–H and O–H groups in total. The summed E-state index contributed by atoms with van der Waals surface area (Å²) in [6, 6.07) is 18.3. The molecule has 0 radical (unpaired) electrons. The van der Waals surface area contributed by atoms with Crippen molar-refractivity contribution in [1.29, 1.82) is 0 Å². The van der Waals surface area contributed by atoms with Crippen LogP contribution >= 0.6 is 0 Å². The summed E-state index contributed by atoms with van der Waals surface area (Å²) in [5.74, 6) is -1.76. The van der Waals surface area contributed by atoms with E-state index < -0.39 is 36.1 Å². The van der Waals surface area contributed by atoms with Crippen molar-refractivity contribution in [2.45, 2.75) is 32.5 Å². The average molecular weight is 541 g/mol. The first kappa shape index (κ1) is 28.9. The van der Waals surface area contributed by atoms with Crippen molar-refractivity contribution in [1.82, 2.24) is 10.7 Å². The van der Waals surface area contributed by atoms with E-state index >= 15 is 0 Å². The van der Waals surface area contributed by atoms with E-state index in [4.69, 9.17) is 4.74 Å². The number of nitrogens with zero attached hydrogens (tertiary/aromatic N) is 1. The van der Waals surface area contributed by atoms with Crippen LogP contribution in [0, 0.1) is 0 Å². The van der Waals surface area contributed by atoms with Crippen molar-refractivity contribution in [3.63, 3.8) is 0 Å². The molecular weight excluding hydrogens is 513 g/mol. The Morgan fingerprint density at radius 2 is 1.67 bits per heavy atom. The molecule has 3 aromatic carbocycles. The zero-order chi connectivity index (χ0) is 28.4. The van der Waals surface area contributed by atoms with Crippen LogP contribution in [0.2, 0.25) is 0 Å². The molecule has 0 unspecified atom stereocenters. The predicted octanol–water partition coefficient (Wildman–Crippen LogP) is 4.61. The van der Waals surface area contributed by atoms with Gasteiger partial charge in [-0.3, -0.25) is 14.4 Å². The van der Waals surface area contributed by atoms with Crippen LogP contribution in [0.25, 0.3) is 0 Å². The molecule has 0 spiro atoms. The Labute approximate surface area is 223 Å². The fraction of sp³-hybridized carbons (Fsp3) is 0.214. The van der Waals surface area contributed by atoms with Gasteiger partial charge in [-0.05, 0) is 52.9 Å². The molecule has 0 saturated heterocycles. The molecule has 0 aromatic heterocycles. The zero-order valence-corrected chi connectivity index (χ0v) is 21.2. The fourth-order valence-corrected chi connectivity index (χ4v) is 3.30. The Bertz CT molecular complexity index is 1340. The van der Waals surface area contributed by atoms with Crippen molar-refractivity contribution in [2.75, 3.05) is 11.9 Å². The first-order chi connectivity index (χ1) is 18.5. The first-order valence-electron chi connectivity index (χ1n) is 11.9. The lowest BCUT2D eigenvalue weighted by atomic mass is 10.0. The summed E-state index contributed by atoms with van der Waals surface area (Å²) >= 11 is 0. The van der Waals surface area contributed by atoms with Crippen LogP contribution in [0.5, 0.6) is 5.75 Å². The maximum absolute atomic E-state index is 12.8. The number of anilines is 1. The summed E-state index contributed by atoms with van der Waals surface area (Å²) in [4.78, 5) is 36.1. The highest BCUT2D eigenvalue weighted by molar-refractivity contribution is 6.35. The minimum Gasteiger partial charge on any atom is -0.484 e. The average Bonchev–Trinajstić information content (AvgIpc) is 2.90. The van der Waals surface area contributed by atoms with Crippen molar-refractivity contribution >= 4 is 29.6 Å². The number of nitrogens with one attached hydrogen (secondary N) is 3. The predicted molar refractivity (Wildman–Crippen MR) is 140 cm³/mol. The van der Waals surface area contributed by atoms with Crippen LogP contribution in [0.1, 0.15) is 42.0 Å². The second kappa shape index (κ2) is 13.2. The molecule has 3 rings (SSSR count). The van der Waals surface area contributed by atoms with Gasteiger partial charge in [-0.15, -0.1) is 0 Å². The van der Waals surface area contributed by atoms with Gasteiger partial charge in [0.1, 0.15) is 5.75 Å². The molecule has 3 aromatic rings. The van der Waals surface area contributed by atoms with Crippen LogP contribution in [0.4, 0.5) is 18.9 Å². The van der Waals surface area contributed by atoms with E-state index in [0.717, 1.165) is 17.7 Å². The molecule has 0 saturated carbocycles. The van der Waals surface area contributed by atoms with Gasteiger partial charge >= 0.3 is 18.0 Å². The molecule has 0 aliphatic heterocycles. The number of carbonyl (C=O) groups is 3. The standard InChI is InChI=1S/C28H27F3N4O4/c1-18(2)21-11-9-19(10-12-21)15-32-26(37)27(38)35-33-16-20-5-3-8-24(13-20)39-17-25(36)34-23-7-4-6-22(14-23)28(29,30)31/h3-14,16,18H,15,17H2,1-2H3,(H,32,37)(H,34,36)(H,35,38)/b33-16-. The lowest BCUT2D eigenvalue weighted by Crippen LogP contribution is -2.37. The highest BCUT2D eigenvalue weighted by Crippen LogP contribution is 2.30. The number of rotatable bonds is 9. The minimum atomic E-state index is -4.53. The quantitative estimate of drug-likeness (QED) is 0.209. The summed E-state index contributed by atoms with van der Waals surface area (Å²) in [7, 11) is 0. The second-order valence-corrected chi connectivity index (χ2v) is 8.77. The SMILES string of the molecule is CC(C)c1ccc(CNC(=O)C(=O)N/N=C\c2cccc(OCC(=O)Nc3cccc(C(F)(F)F)c3)c2)cc1. The smallest absolute Gasteiger partial charge is 0.416 e. The normalized spacial score (nSPS) is 11.3. The number of alkyl halides is 3. The molecule has 0 atom stereocenters. The molecule has 3 amide bonds. The Balaban J connectivity index is 1.45. The Kier molecular flexibility index (Phi) is 9.80. The molecule has 0 aliphatic carbocycles. The lowest BCUT2D eigenvalue weighted by molar-refractivity contribution is -0.139. The summed E-state index contributed by atoms with van der Waals surface area (Å²) in [5.41, 5.74) is 3.76. The maximum atomic E-state index is 12.8. The van der Waals surface area contributed by atoms with Gasteiger partial charge in [-0.2, -0.15) is 18.3 Å². The molecule has 8 nitrogen and oxygen atoms in total. The third-order valence-corrected chi connectivity index (χ3v) is 5.39. The minimum absolute atomic E-state index is 0.0110. The topological polar surface area (TPSA) is 109 Å². The van der Waals surface area contributed by atoms with Gasteiger partial charge in [0.2, 0.25) is 0 Å². The first-order valence-corrected chi connectivity index (χ1v) is 11.9. The van der Waals surface area contributed by atoms with Gasteiger partial charge in [0.15, 0.2) is 6.61 Å². The van der Waals surface area contributed by atoms with Crippen LogP contribution in [0.3, 0.4) is 0 Å². The van der Waals surface area contributed by atoms with Crippen LogP contribution in [-0.2, 0) is 27.1 Å². The number of hydrogen-bond acceptors (Lipinski definition) is 5. The number of ether oxygens (including phenoxy) is 1. The number of benzene rings is 3. The van der Waals surface area contributed by atoms with Crippen molar-refractivity contribution in [3.05, 3.63) is 95.1 Å². The molecule has 0 fully saturated rings. The van der Waals surface area contributed by atoms with E-state index in [0.29, 0.717) is 11.5 Å². The van der Waals surface area contributed by atoms with Crippen LogP contribution < -0.4 is 20.8 Å². The highest BCUT2D eigenvalue weighted by atomic mass is 19.4. The molecule has 0 heterocycles. The highest BCUT2D eigenvalue weighted by Gasteiger charge is 2.30. The van der Waals surface area contributed by atoms with E-state index in [1.54, 1.807) is 18.2 Å². The van der Waals surface area contributed by atoms with E-state index in [-0.39, 0.29) is 18.0 Å². The summed E-state index contributed by atoms with van der Waals surface area (Å²) in [6.07, 6.45) is -3.24. The van der Waals surface area contributed by atoms with Crippen molar-refractivity contribution < 1.29 is 32.3 Å². The molecule has 204 valence electrons. The number of hydrogen-bond donors (Lipinski definition) is 3. The molecular formula is C28H27F3N4O4. The van der Waals surface area contributed by atoms with Gasteiger partial charge in [0.05, 0.1) is 11.8 Å². The Hall–Kier alpha value is -4.67. The third-order valence-electron chi connectivity index (χ3n) is 5.39.